The van der Waals surface area contributed by atoms with Crippen molar-refractivity contribution in [2.45, 2.75) is 31.8 Å². The summed E-state index contributed by atoms with van der Waals surface area (Å²) in [6, 6.07) is 13.2. The van der Waals surface area contributed by atoms with Gasteiger partial charge in [0.2, 0.25) is 0 Å². The summed E-state index contributed by atoms with van der Waals surface area (Å²) in [5, 5.41) is 11.8. The van der Waals surface area contributed by atoms with E-state index in [1.165, 1.54) is 6.33 Å². The van der Waals surface area contributed by atoms with E-state index in [4.69, 9.17) is 16.9 Å². The molecule has 31 heavy (non-hydrogen) atoms. The lowest BCUT2D eigenvalue weighted by molar-refractivity contribution is 0.0623. The Bertz CT molecular complexity index is 1110. The molecule has 1 fully saturated rings. The number of benzene rings is 2. The zero-order chi connectivity index (χ0) is 21.8. The number of aromatic nitrogens is 2. The van der Waals surface area contributed by atoms with Gasteiger partial charge in [0, 0.05) is 42.2 Å². The maximum absolute atomic E-state index is 13.1. The number of amides is 1. The van der Waals surface area contributed by atoms with Gasteiger partial charge in [-0.15, -0.1) is 0 Å². The van der Waals surface area contributed by atoms with Gasteiger partial charge in [-0.1, -0.05) is 18.2 Å². The summed E-state index contributed by atoms with van der Waals surface area (Å²) in [7, 11) is 0. The number of hydrogen-bond donors (Lipinski definition) is 4. The molecule has 1 aromatic heterocycles. The van der Waals surface area contributed by atoms with E-state index in [-0.39, 0.29) is 17.8 Å². The van der Waals surface area contributed by atoms with Gasteiger partial charge in [0.1, 0.15) is 18.0 Å². The quantitative estimate of drug-likeness (QED) is 0.360. The number of rotatable bonds is 6. The Morgan fingerprint density at radius 2 is 2.03 bits per heavy atom. The summed E-state index contributed by atoms with van der Waals surface area (Å²) in [6.45, 7) is 1.76. The number of anilines is 1. The van der Waals surface area contributed by atoms with Crippen LogP contribution < -0.4 is 16.8 Å². The second-order valence-electron chi connectivity index (χ2n) is 7.81. The summed E-state index contributed by atoms with van der Waals surface area (Å²) in [6.07, 6.45) is 4.57. The predicted molar refractivity (Wildman–Crippen MR) is 122 cm³/mol. The van der Waals surface area contributed by atoms with Gasteiger partial charge in [-0.25, -0.2) is 9.97 Å². The van der Waals surface area contributed by atoms with Crippen molar-refractivity contribution in [2.75, 3.05) is 18.4 Å². The summed E-state index contributed by atoms with van der Waals surface area (Å²) >= 11 is 0. The third-order valence-electron chi connectivity index (χ3n) is 5.74. The third kappa shape index (κ3) is 4.49. The normalized spacial score (nSPS) is 16.3. The molecule has 0 aliphatic carbocycles. The molecule has 160 valence electrons. The first-order valence-corrected chi connectivity index (χ1v) is 10.5. The molecule has 2 aromatic carbocycles. The van der Waals surface area contributed by atoms with Crippen LogP contribution in [0.1, 0.15) is 40.7 Å². The number of carbonyl (C=O) groups is 1. The fourth-order valence-electron chi connectivity index (χ4n) is 4.04. The SMILES string of the molecule is N=C(N)c1cccc(CNc2ncnc3cc(C(=O)N4CCCCC4CN)ccc23)c1. The van der Waals surface area contributed by atoms with Crippen LogP contribution in [0.5, 0.6) is 0 Å². The Hall–Kier alpha value is -3.52. The Morgan fingerprint density at radius 3 is 2.84 bits per heavy atom. The van der Waals surface area contributed by atoms with E-state index in [2.05, 4.69) is 15.3 Å². The Kier molecular flexibility index (Phi) is 6.08. The number of fused-ring (bicyclic) bond motifs is 1. The largest absolute Gasteiger partial charge is 0.384 e. The number of amidine groups is 1. The average Bonchev–Trinajstić information content (AvgIpc) is 2.82. The molecule has 0 spiro atoms. The fourth-order valence-corrected chi connectivity index (χ4v) is 4.04. The van der Waals surface area contributed by atoms with E-state index < -0.39 is 0 Å². The van der Waals surface area contributed by atoms with Gasteiger partial charge in [-0.3, -0.25) is 10.2 Å². The number of carbonyl (C=O) groups excluding carboxylic acids is 1. The highest BCUT2D eigenvalue weighted by Crippen LogP contribution is 2.24. The molecule has 1 saturated heterocycles. The van der Waals surface area contributed by atoms with Crippen molar-refractivity contribution in [2.24, 2.45) is 11.5 Å². The molecular formula is C23H27N7O. The number of nitrogen functional groups attached to an aromatic ring is 1. The number of nitrogens with two attached hydrogens (primary N) is 2. The number of hydrogen-bond acceptors (Lipinski definition) is 6. The smallest absolute Gasteiger partial charge is 0.254 e. The lowest BCUT2D eigenvalue weighted by atomic mass is 10.0. The number of piperidine rings is 1. The van der Waals surface area contributed by atoms with Crippen molar-refractivity contribution in [1.29, 1.82) is 5.41 Å². The van der Waals surface area contributed by atoms with Crippen LogP contribution in [0.4, 0.5) is 5.82 Å². The van der Waals surface area contributed by atoms with Crippen molar-refractivity contribution in [1.82, 2.24) is 14.9 Å². The Labute approximate surface area is 181 Å². The average molecular weight is 418 g/mol. The molecule has 1 aliphatic rings. The van der Waals surface area contributed by atoms with Crippen molar-refractivity contribution in [3.8, 4) is 0 Å². The molecule has 4 rings (SSSR count). The van der Waals surface area contributed by atoms with Crippen molar-refractivity contribution in [3.63, 3.8) is 0 Å². The molecule has 1 unspecified atom stereocenters. The third-order valence-corrected chi connectivity index (χ3v) is 5.74. The molecule has 3 aromatic rings. The Balaban J connectivity index is 1.55. The van der Waals surface area contributed by atoms with Crippen molar-refractivity contribution < 1.29 is 4.79 Å². The minimum absolute atomic E-state index is 0.00576. The zero-order valence-corrected chi connectivity index (χ0v) is 17.3. The van der Waals surface area contributed by atoms with E-state index in [0.29, 0.717) is 35.6 Å². The first kappa shape index (κ1) is 20.7. The molecule has 1 amide bonds. The fraction of sp³-hybridized carbons (Fsp3) is 0.304. The van der Waals surface area contributed by atoms with E-state index in [1.807, 2.05) is 47.4 Å². The topological polar surface area (TPSA) is 134 Å². The highest BCUT2D eigenvalue weighted by atomic mass is 16.2. The molecule has 0 radical (unpaired) electrons. The summed E-state index contributed by atoms with van der Waals surface area (Å²) in [5.74, 6) is 0.735. The van der Waals surface area contributed by atoms with E-state index >= 15 is 0 Å². The van der Waals surface area contributed by atoms with E-state index in [1.54, 1.807) is 0 Å². The van der Waals surface area contributed by atoms with Gasteiger partial charge in [0.25, 0.3) is 5.91 Å². The summed E-state index contributed by atoms with van der Waals surface area (Å²) in [4.78, 5) is 23.7. The first-order chi connectivity index (χ1) is 15.1. The molecular weight excluding hydrogens is 390 g/mol. The standard InChI is InChI=1S/C23H27N7O/c24-12-18-6-1-2-9-30(18)23(31)17-7-8-19-20(11-17)28-14-29-22(19)27-13-15-4-3-5-16(10-15)21(25)26/h3-5,7-8,10-11,14,18H,1-2,6,9,12-13,24H2,(H3,25,26)(H,27,28,29). The van der Waals surface area contributed by atoms with Gasteiger partial charge in [0.05, 0.1) is 5.52 Å². The summed E-state index contributed by atoms with van der Waals surface area (Å²) < 4.78 is 0. The van der Waals surface area contributed by atoms with Crippen molar-refractivity contribution >= 4 is 28.5 Å². The van der Waals surface area contributed by atoms with Crippen LogP contribution in [0, 0.1) is 5.41 Å². The predicted octanol–water partition coefficient (Wildman–Crippen LogP) is 2.48. The van der Waals surface area contributed by atoms with E-state index in [0.717, 1.165) is 36.8 Å². The number of likely N-dealkylation sites (tertiary alicyclic amines) is 1. The van der Waals surface area contributed by atoms with Crippen LogP contribution in [0.25, 0.3) is 10.9 Å². The second kappa shape index (κ2) is 9.09. The maximum atomic E-state index is 13.1. The highest BCUT2D eigenvalue weighted by Gasteiger charge is 2.26. The second-order valence-corrected chi connectivity index (χ2v) is 7.81. The van der Waals surface area contributed by atoms with Gasteiger partial charge in [-0.2, -0.15) is 0 Å². The molecule has 8 nitrogen and oxygen atoms in total. The number of nitrogens with zero attached hydrogens (tertiary/aromatic N) is 3. The maximum Gasteiger partial charge on any atom is 0.254 e. The van der Waals surface area contributed by atoms with Crippen LogP contribution in [-0.4, -0.2) is 45.7 Å². The van der Waals surface area contributed by atoms with Gasteiger partial charge in [0.15, 0.2) is 0 Å². The lowest BCUT2D eigenvalue weighted by Gasteiger charge is -2.35. The van der Waals surface area contributed by atoms with Crippen LogP contribution >= 0.6 is 0 Å². The van der Waals surface area contributed by atoms with Crippen LogP contribution in [0.2, 0.25) is 0 Å². The van der Waals surface area contributed by atoms with Crippen LogP contribution in [0.15, 0.2) is 48.8 Å². The molecule has 1 atom stereocenters. The molecule has 1 aliphatic heterocycles. The van der Waals surface area contributed by atoms with Gasteiger partial charge < -0.3 is 21.7 Å². The molecule has 2 heterocycles. The first-order valence-electron chi connectivity index (χ1n) is 10.5. The molecule has 0 bridgehead atoms. The van der Waals surface area contributed by atoms with Crippen molar-refractivity contribution in [3.05, 3.63) is 65.5 Å². The minimum atomic E-state index is 0.00576. The van der Waals surface area contributed by atoms with Crippen LogP contribution in [-0.2, 0) is 6.54 Å². The molecule has 0 saturated carbocycles. The molecule has 8 heteroatoms. The van der Waals surface area contributed by atoms with E-state index in [9.17, 15) is 4.79 Å². The Morgan fingerprint density at radius 1 is 1.16 bits per heavy atom. The zero-order valence-electron chi connectivity index (χ0n) is 17.3. The molecule has 6 N–H and O–H groups in total. The van der Waals surface area contributed by atoms with Gasteiger partial charge in [-0.05, 0) is 49.1 Å². The minimum Gasteiger partial charge on any atom is -0.384 e. The monoisotopic (exact) mass is 417 g/mol. The summed E-state index contributed by atoms with van der Waals surface area (Å²) in [5.41, 5.74) is 14.5. The van der Waals surface area contributed by atoms with Crippen LogP contribution in [0.3, 0.4) is 0 Å². The highest BCUT2D eigenvalue weighted by molar-refractivity contribution is 6.00. The lowest BCUT2D eigenvalue weighted by Crippen LogP contribution is -2.47. The van der Waals surface area contributed by atoms with Gasteiger partial charge >= 0.3 is 0 Å². The number of nitrogens with one attached hydrogen (secondary N) is 2.